The summed E-state index contributed by atoms with van der Waals surface area (Å²) >= 11 is 0. The highest BCUT2D eigenvalue weighted by Crippen LogP contribution is 2.39. The van der Waals surface area contributed by atoms with Crippen LogP contribution in [-0.2, 0) is 11.2 Å². The van der Waals surface area contributed by atoms with Gasteiger partial charge in [0.15, 0.2) is 17.6 Å². The van der Waals surface area contributed by atoms with Gasteiger partial charge in [-0.15, -0.1) is 0 Å². The minimum absolute atomic E-state index is 0.435. The molecule has 0 saturated heterocycles. The first-order valence-corrected chi connectivity index (χ1v) is 9.62. The van der Waals surface area contributed by atoms with E-state index in [1.165, 1.54) is 5.56 Å². The van der Waals surface area contributed by atoms with Crippen LogP contribution in [0.25, 0.3) is 0 Å². The van der Waals surface area contributed by atoms with E-state index >= 15 is 0 Å². The number of carbonyl (C=O) groups is 1. The molecular weight excluding hydrogens is 368 g/mol. The van der Waals surface area contributed by atoms with E-state index in [0.29, 0.717) is 29.4 Å². The second-order valence-electron chi connectivity index (χ2n) is 6.87. The van der Waals surface area contributed by atoms with Crippen LogP contribution in [0.4, 0.5) is 0 Å². The number of para-hydroxylation sites is 2. The molecule has 0 fully saturated rings. The van der Waals surface area contributed by atoms with E-state index in [9.17, 15) is 9.90 Å². The zero-order chi connectivity index (χ0) is 20.1. The number of benzene rings is 3. The Morgan fingerprint density at radius 1 is 0.897 bits per heavy atom. The summed E-state index contributed by atoms with van der Waals surface area (Å²) in [7, 11) is 0. The molecule has 5 heteroatoms. The van der Waals surface area contributed by atoms with Crippen LogP contribution < -0.4 is 14.2 Å². The Labute approximate surface area is 169 Å². The van der Waals surface area contributed by atoms with Gasteiger partial charge >= 0.3 is 5.97 Å². The van der Waals surface area contributed by atoms with Gasteiger partial charge in [0, 0.05) is 5.56 Å². The Morgan fingerprint density at radius 3 is 2.38 bits per heavy atom. The number of hydrogen-bond acceptors (Lipinski definition) is 4. The normalized spacial score (nSPS) is 17.5. The van der Waals surface area contributed by atoms with Gasteiger partial charge < -0.3 is 19.3 Å². The lowest BCUT2D eigenvalue weighted by atomic mass is 10.0. The molecule has 148 valence electrons. The predicted molar refractivity (Wildman–Crippen MR) is 109 cm³/mol. The quantitative estimate of drug-likeness (QED) is 0.594. The molecule has 1 heterocycles. The average Bonchev–Trinajstić information content (AvgIpc) is 2.77. The fraction of sp³-hybridized carbons (Fsp3) is 0.208. The van der Waals surface area contributed by atoms with Gasteiger partial charge in [-0.1, -0.05) is 54.6 Å². The van der Waals surface area contributed by atoms with Crippen molar-refractivity contribution in [1.29, 1.82) is 0 Å². The molecule has 0 bridgehead atoms. The van der Waals surface area contributed by atoms with Crippen molar-refractivity contribution >= 4 is 5.97 Å². The molecule has 1 N–H and O–H groups in total. The molecule has 29 heavy (non-hydrogen) atoms. The summed E-state index contributed by atoms with van der Waals surface area (Å²) in [6.07, 6.45) is -0.0473. The lowest BCUT2D eigenvalue weighted by Crippen LogP contribution is -2.39. The topological polar surface area (TPSA) is 65.0 Å². The van der Waals surface area contributed by atoms with Crippen molar-refractivity contribution in [3.63, 3.8) is 0 Å². The highest BCUT2D eigenvalue weighted by atomic mass is 16.6. The van der Waals surface area contributed by atoms with Crippen LogP contribution in [0.3, 0.4) is 0 Å². The summed E-state index contributed by atoms with van der Waals surface area (Å²) in [5.74, 6) is 0.578. The Balaban J connectivity index is 1.44. The molecule has 2 unspecified atom stereocenters. The molecule has 0 radical (unpaired) electrons. The molecule has 4 rings (SSSR count). The fourth-order valence-electron chi connectivity index (χ4n) is 3.36. The summed E-state index contributed by atoms with van der Waals surface area (Å²) in [6.45, 7) is 0.575. The molecule has 0 spiro atoms. The molecule has 3 aromatic rings. The summed E-state index contributed by atoms with van der Waals surface area (Å²) in [5.41, 5.74) is 1.98. The van der Waals surface area contributed by atoms with Gasteiger partial charge in [0.1, 0.15) is 5.75 Å². The highest BCUT2D eigenvalue weighted by Gasteiger charge is 2.38. The van der Waals surface area contributed by atoms with Crippen LogP contribution in [0.15, 0.2) is 78.9 Å². The number of hydrogen-bond donors (Lipinski definition) is 1. The molecule has 1 aliphatic heterocycles. The monoisotopic (exact) mass is 390 g/mol. The number of carboxylic acid groups (broad SMARTS) is 1. The first kappa shape index (κ1) is 18.9. The smallest absolute Gasteiger partial charge is 0.349 e. The number of ether oxygens (including phenoxy) is 3. The van der Waals surface area contributed by atoms with Gasteiger partial charge in [0.2, 0.25) is 6.10 Å². The van der Waals surface area contributed by atoms with Gasteiger partial charge in [0.25, 0.3) is 0 Å². The summed E-state index contributed by atoms with van der Waals surface area (Å²) < 4.78 is 17.5. The first-order valence-electron chi connectivity index (χ1n) is 9.62. The lowest BCUT2D eigenvalue weighted by Gasteiger charge is -2.32. The second-order valence-corrected chi connectivity index (χ2v) is 6.87. The molecule has 0 amide bonds. The van der Waals surface area contributed by atoms with E-state index < -0.39 is 18.2 Å². The van der Waals surface area contributed by atoms with Gasteiger partial charge in [-0.25, -0.2) is 4.79 Å². The van der Waals surface area contributed by atoms with E-state index in [2.05, 4.69) is 12.1 Å². The van der Waals surface area contributed by atoms with Crippen molar-refractivity contribution in [1.82, 2.24) is 0 Å². The lowest BCUT2D eigenvalue weighted by molar-refractivity contribution is -0.151. The maximum absolute atomic E-state index is 11.7. The molecule has 1 aliphatic rings. The van der Waals surface area contributed by atoms with Gasteiger partial charge in [-0.3, -0.25) is 0 Å². The van der Waals surface area contributed by atoms with Crippen molar-refractivity contribution < 1.29 is 24.1 Å². The van der Waals surface area contributed by atoms with Crippen molar-refractivity contribution in [3.05, 3.63) is 90.0 Å². The number of fused-ring (bicyclic) bond motifs is 1. The SMILES string of the molecule is O=C(O)C1Oc2ccccc2OC1c1cccc(OCCCc2ccccc2)c1. The second kappa shape index (κ2) is 8.69. The molecule has 5 nitrogen and oxygen atoms in total. The molecule has 0 saturated carbocycles. The van der Waals surface area contributed by atoms with Gasteiger partial charge in [0.05, 0.1) is 6.61 Å². The fourth-order valence-corrected chi connectivity index (χ4v) is 3.36. The van der Waals surface area contributed by atoms with E-state index in [1.54, 1.807) is 18.2 Å². The third-order valence-corrected chi connectivity index (χ3v) is 4.78. The minimum Gasteiger partial charge on any atom is -0.494 e. The number of rotatable bonds is 7. The van der Waals surface area contributed by atoms with Crippen molar-refractivity contribution in [2.45, 2.75) is 25.0 Å². The molecule has 3 aromatic carbocycles. The molecule has 0 aliphatic carbocycles. The minimum atomic E-state index is -1.13. The van der Waals surface area contributed by atoms with Crippen LogP contribution in [0.2, 0.25) is 0 Å². The molecular formula is C24H22O5. The third kappa shape index (κ3) is 4.51. The van der Waals surface area contributed by atoms with E-state index in [-0.39, 0.29) is 0 Å². The largest absolute Gasteiger partial charge is 0.494 e. The number of carboxylic acids is 1. The van der Waals surface area contributed by atoms with E-state index in [1.807, 2.05) is 48.5 Å². The predicted octanol–water partition coefficient (Wildman–Crippen LogP) is 4.66. The average molecular weight is 390 g/mol. The van der Waals surface area contributed by atoms with E-state index in [4.69, 9.17) is 14.2 Å². The Bertz CT molecular complexity index is 970. The maximum atomic E-state index is 11.7. The number of aryl methyl sites for hydroxylation is 1. The van der Waals surface area contributed by atoms with Crippen LogP contribution >= 0.6 is 0 Å². The Kier molecular flexibility index (Phi) is 5.66. The van der Waals surface area contributed by atoms with Crippen LogP contribution in [-0.4, -0.2) is 23.8 Å². The van der Waals surface area contributed by atoms with E-state index in [0.717, 1.165) is 12.8 Å². The van der Waals surface area contributed by atoms with Crippen molar-refractivity contribution in [3.8, 4) is 17.2 Å². The molecule has 2 atom stereocenters. The van der Waals surface area contributed by atoms with Crippen molar-refractivity contribution in [2.75, 3.05) is 6.61 Å². The zero-order valence-corrected chi connectivity index (χ0v) is 15.9. The van der Waals surface area contributed by atoms with Crippen LogP contribution in [0.5, 0.6) is 17.2 Å². The van der Waals surface area contributed by atoms with Gasteiger partial charge in [-0.05, 0) is 42.7 Å². The zero-order valence-electron chi connectivity index (χ0n) is 15.9. The van der Waals surface area contributed by atoms with Crippen LogP contribution in [0, 0.1) is 0 Å². The standard InChI is InChI=1S/C24H22O5/c25-24(26)23-22(28-20-13-4-5-14-21(20)29-23)18-11-6-12-19(16-18)27-15-7-10-17-8-2-1-3-9-17/h1-6,8-9,11-14,16,22-23H,7,10,15H2,(H,25,26). The van der Waals surface area contributed by atoms with Crippen molar-refractivity contribution in [2.24, 2.45) is 0 Å². The van der Waals surface area contributed by atoms with Gasteiger partial charge in [-0.2, -0.15) is 0 Å². The van der Waals surface area contributed by atoms with Crippen LogP contribution in [0.1, 0.15) is 23.7 Å². The maximum Gasteiger partial charge on any atom is 0.349 e. The summed E-state index contributed by atoms with van der Waals surface area (Å²) in [4.78, 5) is 11.7. The number of aliphatic carboxylic acids is 1. The first-order chi connectivity index (χ1) is 14.2. The Hall–Kier alpha value is -3.47. The Morgan fingerprint density at radius 2 is 1.62 bits per heavy atom. The third-order valence-electron chi connectivity index (χ3n) is 4.78. The molecule has 0 aromatic heterocycles. The summed E-state index contributed by atoms with van der Waals surface area (Å²) in [5, 5.41) is 9.61. The highest BCUT2D eigenvalue weighted by molar-refractivity contribution is 5.75. The summed E-state index contributed by atoms with van der Waals surface area (Å²) in [6, 6.07) is 24.7.